The topological polar surface area (TPSA) is 68.5 Å². The Bertz CT molecular complexity index is 324. The first-order valence-electron chi connectivity index (χ1n) is 2.78. The van der Waals surface area contributed by atoms with E-state index in [1.165, 1.54) is 12.4 Å². The minimum atomic E-state index is 0.428. The lowest BCUT2D eigenvalue weighted by Gasteiger charge is -1.85. The molecule has 0 amide bonds. The monoisotopic (exact) mass is 138 g/mol. The Labute approximate surface area is 56.3 Å². The molecule has 0 aliphatic carbocycles. The first kappa shape index (κ1) is 5.16. The Kier molecular flexibility index (Phi) is 0.743. The van der Waals surface area contributed by atoms with Crippen molar-refractivity contribution in [2.24, 2.45) is 0 Å². The molecule has 0 saturated heterocycles. The van der Waals surface area contributed by atoms with Crippen LogP contribution in [-0.4, -0.2) is 19.3 Å². The first-order chi connectivity index (χ1) is 4.79. The number of nitrogens with two attached hydrogens (primary N) is 1. The van der Waals surface area contributed by atoms with E-state index < -0.39 is 0 Å². The van der Waals surface area contributed by atoms with Crippen molar-refractivity contribution in [3.63, 3.8) is 0 Å². The van der Waals surface area contributed by atoms with Crippen molar-refractivity contribution in [2.75, 3.05) is 5.73 Å². The smallest absolute Gasteiger partial charge is 0.249 e. The molecule has 10 heavy (non-hydrogen) atoms. The van der Waals surface area contributed by atoms with Crippen LogP contribution < -0.4 is 5.73 Å². The zero-order valence-corrected chi connectivity index (χ0v) is 5.10. The summed E-state index contributed by atoms with van der Waals surface area (Å²) in [5.74, 6) is 0.945. The molecule has 0 aliphatic heterocycles. The van der Waals surface area contributed by atoms with E-state index in [0.29, 0.717) is 11.6 Å². The molecule has 3 N–H and O–H groups in total. The fourth-order valence-electron chi connectivity index (χ4n) is 0.882. The lowest BCUT2D eigenvalue weighted by Crippen LogP contribution is -1.90. The van der Waals surface area contributed by atoms with Gasteiger partial charge in [0.25, 0.3) is 0 Å². The molecule has 0 unspecified atom stereocenters. The van der Waals surface area contributed by atoms with Gasteiger partial charge in [0, 0.05) is 6.20 Å². The van der Waals surface area contributed by atoms with Crippen LogP contribution in [0, 0.1) is 0 Å². The molecule has 5 nitrogen and oxygen atoms in total. The summed E-state index contributed by atoms with van der Waals surface area (Å²) in [6.45, 7) is 0. The molecule has 0 atom stereocenters. The summed E-state index contributed by atoms with van der Waals surface area (Å²) in [7, 11) is 0. The number of aromatic nitrogens is 3. The Morgan fingerprint density at radius 1 is 1.50 bits per heavy atom. The lowest BCUT2D eigenvalue weighted by atomic mass is 10.8. The van der Waals surface area contributed by atoms with Gasteiger partial charge in [-0.05, 0) is 0 Å². The van der Waals surface area contributed by atoms with Gasteiger partial charge in [0.2, 0.25) is 5.78 Å². The molecule has 0 fully saturated rings. The van der Waals surface area contributed by atoms with E-state index in [1.54, 1.807) is 10.6 Å². The molecule has 0 bridgehead atoms. The molecule has 2 heterocycles. The number of hydrogen-bond acceptors (Lipinski definition) is 3. The quantitative estimate of drug-likeness (QED) is 0.502. The lowest BCUT2D eigenvalue weighted by molar-refractivity contribution is 0.197. The highest BCUT2D eigenvalue weighted by Gasteiger charge is 2.01. The molecule has 2 aromatic heterocycles. The van der Waals surface area contributed by atoms with Crippen molar-refractivity contribution in [3.8, 4) is 0 Å². The molecule has 0 saturated carbocycles. The number of rotatable bonds is 0. The second-order valence-electron chi connectivity index (χ2n) is 2.00. The molecule has 5 heteroatoms. The fraction of sp³-hybridized carbons (Fsp3) is 0. The Morgan fingerprint density at radius 2 is 2.30 bits per heavy atom. The van der Waals surface area contributed by atoms with Gasteiger partial charge in [0.05, 0.1) is 12.4 Å². The maximum atomic E-state index is 9.00. The third-order valence-corrected chi connectivity index (χ3v) is 1.37. The van der Waals surface area contributed by atoms with Gasteiger partial charge in [-0.3, -0.25) is 4.40 Å². The van der Waals surface area contributed by atoms with Crippen LogP contribution in [0.2, 0.25) is 0 Å². The van der Waals surface area contributed by atoms with Crippen LogP contribution in [0.5, 0.6) is 0 Å². The van der Waals surface area contributed by atoms with E-state index in [2.05, 4.69) is 4.98 Å². The van der Waals surface area contributed by atoms with Gasteiger partial charge in [-0.2, -0.15) is 4.73 Å². The van der Waals surface area contributed by atoms with E-state index in [-0.39, 0.29) is 0 Å². The molecule has 0 radical (unpaired) electrons. The summed E-state index contributed by atoms with van der Waals surface area (Å²) in [5.41, 5.74) is 5.47. The number of anilines is 1. The van der Waals surface area contributed by atoms with E-state index in [0.717, 1.165) is 4.73 Å². The maximum absolute atomic E-state index is 9.00. The standard InChI is InChI=1S/C5H6N4O/c6-4-3-7-5-8(4)1-2-9(5)10/h1-3,10H,6H2. The summed E-state index contributed by atoms with van der Waals surface area (Å²) in [5, 5.41) is 9.00. The van der Waals surface area contributed by atoms with Crippen molar-refractivity contribution in [1.82, 2.24) is 14.1 Å². The second kappa shape index (κ2) is 1.44. The molecule has 52 valence electrons. The third-order valence-electron chi connectivity index (χ3n) is 1.37. The average molecular weight is 138 g/mol. The number of nitrogen functional groups attached to an aromatic ring is 1. The predicted octanol–water partition coefficient (Wildman–Crippen LogP) is -0.0447. The Hall–Kier alpha value is -1.65. The van der Waals surface area contributed by atoms with Gasteiger partial charge in [0.15, 0.2) is 0 Å². The summed E-state index contributed by atoms with van der Waals surface area (Å²) < 4.78 is 2.50. The molecule has 2 rings (SSSR count). The predicted molar refractivity (Wildman–Crippen MR) is 34.8 cm³/mol. The second-order valence-corrected chi connectivity index (χ2v) is 2.00. The Morgan fingerprint density at radius 3 is 3.00 bits per heavy atom. The summed E-state index contributed by atoms with van der Waals surface area (Å²) in [6.07, 6.45) is 4.60. The highest BCUT2D eigenvalue weighted by molar-refractivity contribution is 5.42. The van der Waals surface area contributed by atoms with Crippen LogP contribution in [0.25, 0.3) is 5.78 Å². The van der Waals surface area contributed by atoms with E-state index in [9.17, 15) is 0 Å². The van der Waals surface area contributed by atoms with Crippen LogP contribution in [0.15, 0.2) is 18.6 Å². The zero-order chi connectivity index (χ0) is 7.14. The third kappa shape index (κ3) is 0.439. The van der Waals surface area contributed by atoms with Crippen molar-refractivity contribution < 1.29 is 5.21 Å². The fourth-order valence-corrected chi connectivity index (χ4v) is 0.882. The summed E-state index contributed by atoms with van der Waals surface area (Å²) in [6, 6.07) is 0. The van der Waals surface area contributed by atoms with Gasteiger partial charge in [-0.15, -0.1) is 0 Å². The molecule has 0 aromatic carbocycles. The van der Waals surface area contributed by atoms with Gasteiger partial charge in [0.1, 0.15) is 5.82 Å². The van der Waals surface area contributed by atoms with Crippen molar-refractivity contribution in [3.05, 3.63) is 18.6 Å². The van der Waals surface area contributed by atoms with E-state index in [4.69, 9.17) is 10.9 Å². The molecular weight excluding hydrogens is 132 g/mol. The first-order valence-corrected chi connectivity index (χ1v) is 2.78. The highest BCUT2D eigenvalue weighted by atomic mass is 16.5. The molecule has 2 aromatic rings. The normalized spacial score (nSPS) is 10.8. The van der Waals surface area contributed by atoms with Crippen LogP contribution in [0.1, 0.15) is 0 Å². The van der Waals surface area contributed by atoms with Gasteiger partial charge in [-0.25, -0.2) is 4.98 Å². The number of fused-ring (bicyclic) bond motifs is 1. The maximum Gasteiger partial charge on any atom is 0.249 e. The molecular formula is C5H6N4O. The van der Waals surface area contributed by atoms with E-state index >= 15 is 0 Å². The largest absolute Gasteiger partial charge is 0.425 e. The number of hydrogen-bond donors (Lipinski definition) is 2. The van der Waals surface area contributed by atoms with Gasteiger partial charge < -0.3 is 10.9 Å². The summed E-state index contributed by atoms with van der Waals surface area (Å²) in [4.78, 5) is 3.83. The molecule has 0 spiro atoms. The SMILES string of the molecule is Nc1cnc2n(O)ccn12. The van der Waals surface area contributed by atoms with Gasteiger partial charge >= 0.3 is 0 Å². The van der Waals surface area contributed by atoms with Crippen LogP contribution in [0.3, 0.4) is 0 Å². The Balaban J connectivity index is 2.95. The number of imidazole rings is 2. The highest BCUT2D eigenvalue weighted by Crippen LogP contribution is 2.06. The van der Waals surface area contributed by atoms with Crippen LogP contribution in [-0.2, 0) is 0 Å². The van der Waals surface area contributed by atoms with Crippen LogP contribution >= 0.6 is 0 Å². The minimum Gasteiger partial charge on any atom is -0.425 e. The van der Waals surface area contributed by atoms with Crippen molar-refractivity contribution >= 4 is 11.6 Å². The average Bonchev–Trinajstić information content (AvgIpc) is 2.41. The van der Waals surface area contributed by atoms with Gasteiger partial charge in [-0.1, -0.05) is 0 Å². The van der Waals surface area contributed by atoms with Crippen LogP contribution in [0.4, 0.5) is 5.82 Å². The summed E-state index contributed by atoms with van der Waals surface area (Å²) >= 11 is 0. The van der Waals surface area contributed by atoms with E-state index in [1.807, 2.05) is 0 Å². The minimum absolute atomic E-state index is 0.428. The van der Waals surface area contributed by atoms with Crippen molar-refractivity contribution in [1.29, 1.82) is 0 Å². The van der Waals surface area contributed by atoms with Crippen molar-refractivity contribution in [2.45, 2.75) is 0 Å². The zero-order valence-electron chi connectivity index (χ0n) is 5.10. The molecule has 0 aliphatic rings. The number of nitrogens with zero attached hydrogens (tertiary/aromatic N) is 3.